The summed E-state index contributed by atoms with van der Waals surface area (Å²) in [6, 6.07) is 4.18. The molecule has 1 aromatic rings. The molecule has 90 valence electrons. The van der Waals surface area contributed by atoms with E-state index in [2.05, 4.69) is 5.32 Å². The van der Waals surface area contributed by atoms with Gasteiger partial charge in [-0.15, -0.1) is 0 Å². The van der Waals surface area contributed by atoms with Crippen LogP contribution in [-0.4, -0.2) is 26.5 Å². The van der Waals surface area contributed by atoms with Crippen LogP contribution in [0.3, 0.4) is 0 Å². The molecule has 0 heterocycles. The van der Waals surface area contributed by atoms with E-state index >= 15 is 0 Å². The van der Waals surface area contributed by atoms with Crippen molar-refractivity contribution in [3.63, 3.8) is 0 Å². The number of nitrogens with one attached hydrogen (secondary N) is 1. The van der Waals surface area contributed by atoms with Gasteiger partial charge in [0.05, 0.1) is 5.75 Å². The molecule has 1 atom stereocenters. The Morgan fingerprint density at radius 3 is 2.56 bits per heavy atom. The van der Waals surface area contributed by atoms with E-state index in [1.54, 1.807) is 19.9 Å². The highest BCUT2D eigenvalue weighted by atomic mass is 32.2. The molecule has 0 aromatic heterocycles. The number of halogens is 1. The van der Waals surface area contributed by atoms with Crippen molar-refractivity contribution in [2.45, 2.75) is 19.9 Å². The molecule has 0 aliphatic carbocycles. The molecule has 1 aromatic carbocycles. The smallest absolute Gasteiger partial charge is 0.149 e. The topological polar surface area (TPSA) is 46.2 Å². The first-order valence-electron chi connectivity index (χ1n) is 4.98. The van der Waals surface area contributed by atoms with Gasteiger partial charge in [0.25, 0.3) is 0 Å². The minimum Gasteiger partial charge on any atom is -0.381 e. The highest BCUT2D eigenvalue weighted by molar-refractivity contribution is 7.90. The van der Waals surface area contributed by atoms with Gasteiger partial charge in [-0.05, 0) is 37.6 Å². The van der Waals surface area contributed by atoms with Crippen LogP contribution in [0.2, 0.25) is 0 Å². The number of hydrogen-bond donors (Lipinski definition) is 1. The molecule has 5 heteroatoms. The lowest BCUT2D eigenvalue weighted by Crippen LogP contribution is -2.25. The second kappa shape index (κ2) is 4.82. The molecule has 0 aliphatic heterocycles. The summed E-state index contributed by atoms with van der Waals surface area (Å²) >= 11 is 0. The van der Waals surface area contributed by atoms with Crippen molar-refractivity contribution < 1.29 is 12.8 Å². The standard InChI is InChI=1S/C11H16FNO2S/c1-8-6-10(12)4-5-11(8)13-9(2)7-16(3,14)15/h4-6,9,13H,7H2,1-3H3. The van der Waals surface area contributed by atoms with E-state index in [4.69, 9.17) is 0 Å². The summed E-state index contributed by atoms with van der Waals surface area (Å²) in [6.07, 6.45) is 1.20. The molecule has 0 bridgehead atoms. The van der Waals surface area contributed by atoms with Crippen molar-refractivity contribution in [3.05, 3.63) is 29.6 Å². The Labute approximate surface area is 95.6 Å². The van der Waals surface area contributed by atoms with Gasteiger partial charge in [-0.3, -0.25) is 0 Å². The molecular weight excluding hydrogens is 229 g/mol. The molecule has 0 fully saturated rings. The van der Waals surface area contributed by atoms with Gasteiger partial charge in [0.2, 0.25) is 0 Å². The number of sulfone groups is 1. The van der Waals surface area contributed by atoms with Crippen molar-refractivity contribution in [2.24, 2.45) is 0 Å². The Morgan fingerprint density at radius 1 is 1.44 bits per heavy atom. The number of rotatable bonds is 4. The first-order valence-corrected chi connectivity index (χ1v) is 7.04. The Hall–Kier alpha value is -1.10. The second-order valence-electron chi connectivity index (χ2n) is 4.10. The second-order valence-corrected chi connectivity index (χ2v) is 6.28. The van der Waals surface area contributed by atoms with Crippen molar-refractivity contribution in [3.8, 4) is 0 Å². The van der Waals surface area contributed by atoms with Crippen LogP contribution in [0.5, 0.6) is 0 Å². The predicted octanol–water partition coefficient (Wildman–Crippen LogP) is 1.98. The molecular formula is C11H16FNO2S. The third kappa shape index (κ3) is 4.18. The molecule has 16 heavy (non-hydrogen) atoms. The summed E-state index contributed by atoms with van der Waals surface area (Å²) < 4.78 is 35.0. The average molecular weight is 245 g/mol. The highest BCUT2D eigenvalue weighted by Crippen LogP contribution is 2.16. The Kier molecular flexibility index (Phi) is 3.91. The van der Waals surface area contributed by atoms with Crippen LogP contribution in [0, 0.1) is 12.7 Å². The minimum absolute atomic E-state index is 0.0593. The average Bonchev–Trinajstić information content (AvgIpc) is 2.06. The van der Waals surface area contributed by atoms with Crippen molar-refractivity contribution >= 4 is 15.5 Å². The number of benzene rings is 1. The SMILES string of the molecule is Cc1cc(F)ccc1NC(C)CS(C)(=O)=O. The van der Waals surface area contributed by atoms with Crippen LogP contribution in [0.15, 0.2) is 18.2 Å². The summed E-state index contributed by atoms with van der Waals surface area (Å²) in [4.78, 5) is 0. The summed E-state index contributed by atoms with van der Waals surface area (Å²) in [5.74, 6) is -0.233. The maximum Gasteiger partial charge on any atom is 0.149 e. The Morgan fingerprint density at radius 2 is 2.06 bits per heavy atom. The van der Waals surface area contributed by atoms with Gasteiger partial charge < -0.3 is 5.32 Å². The van der Waals surface area contributed by atoms with Crippen LogP contribution in [0.25, 0.3) is 0 Å². The van der Waals surface area contributed by atoms with Gasteiger partial charge in [0.15, 0.2) is 0 Å². The van der Waals surface area contributed by atoms with E-state index < -0.39 is 9.84 Å². The van der Waals surface area contributed by atoms with Gasteiger partial charge >= 0.3 is 0 Å². The fraction of sp³-hybridized carbons (Fsp3) is 0.455. The van der Waals surface area contributed by atoms with Crippen molar-refractivity contribution in [1.82, 2.24) is 0 Å². The van der Waals surface area contributed by atoms with E-state index in [0.717, 1.165) is 11.3 Å². The van der Waals surface area contributed by atoms with Crippen molar-refractivity contribution in [2.75, 3.05) is 17.3 Å². The van der Waals surface area contributed by atoms with Crippen LogP contribution in [0.1, 0.15) is 12.5 Å². The summed E-state index contributed by atoms with van der Waals surface area (Å²) in [7, 11) is -3.00. The van der Waals surface area contributed by atoms with Gasteiger partial charge in [-0.1, -0.05) is 0 Å². The van der Waals surface area contributed by atoms with Crippen molar-refractivity contribution in [1.29, 1.82) is 0 Å². The molecule has 0 aliphatic rings. The molecule has 1 rings (SSSR count). The number of anilines is 1. The summed E-state index contributed by atoms with van der Waals surface area (Å²) in [5, 5.41) is 3.05. The maximum atomic E-state index is 12.8. The molecule has 0 radical (unpaired) electrons. The fourth-order valence-electron chi connectivity index (χ4n) is 1.55. The quantitative estimate of drug-likeness (QED) is 0.882. The zero-order chi connectivity index (χ0) is 12.3. The fourth-order valence-corrected chi connectivity index (χ4v) is 2.54. The Balaban J connectivity index is 2.73. The van der Waals surface area contributed by atoms with Crippen LogP contribution >= 0.6 is 0 Å². The largest absolute Gasteiger partial charge is 0.381 e. The van der Waals surface area contributed by atoms with Gasteiger partial charge in [0.1, 0.15) is 15.7 Å². The molecule has 0 amide bonds. The van der Waals surface area contributed by atoms with Crippen LogP contribution in [0.4, 0.5) is 10.1 Å². The van der Waals surface area contributed by atoms with E-state index in [-0.39, 0.29) is 17.6 Å². The molecule has 0 spiro atoms. The van der Waals surface area contributed by atoms with Gasteiger partial charge in [-0.2, -0.15) is 0 Å². The van der Waals surface area contributed by atoms with Crippen LogP contribution < -0.4 is 5.32 Å². The lowest BCUT2D eigenvalue weighted by Gasteiger charge is -2.16. The van der Waals surface area contributed by atoms with E-state index in [1.165, 1.54) is 18.4 Å². The van der Waals surface area contributed by atoms with E-state index in [1.807, 2.05) is 0 Å². The minimum atomic E-state index is -3.00. The van der Waals surface area contributed by atoms with Crippen LogP contribution in [-0.2, 0) is 9.84 Å². The third-order valence-corrected chi connectivity index (χ3v) is 3.25. The predicted molar refractivity (Wildman–Crippen MR) is 63.9 cm³/mol. The molecule has 3 nitrogen and oxygen atoms in total. The lowest BCUT2D eigenvalue weighted by molar-refractivity contribution is 0.597. The highest BCUT2D eigenvalue weighted by Gasteiger charge is 2.11. The van der Waals surface area contributed by atoms with E-state index in [9.17, 15) is 12.8 Å². The maximum absolute atomic E-state index is 12.8. The Bertz CT molecular complexity index is 471. The first-order chi connectivity index (χ1) is 7.28. The lowest BCUT2D eigenvalue weighted by atomic mass is 10.2. The monoisotopic (exact) mass is 245 g/mol. The summed E-state index contributed by atoms with van der Waals surface area (Å²) in [5.41, 5.74) is 1.53. The number of hydrogen-bond acceptors (Lipinski definition) is 3. The van der Waals surface area contributed by atoms with Gasteiger partial charge in [-0.25, -0.2) is 12.8 Å². The number of aryl methyl sites for hydroxylation is 1. The zero-order valence-corrected chi connectivity index (χ0v) is 10.4. The molecule has 0 saturated carbocycles. The van der Waals surface area contributed by atoms with Gasteiger partial charge in [0, 0.05) is 18.0 Å². The summed E-state index contributed by atoms with van der Waals surface area (Å²) in [6.45, 7) is 3.56. The molecule has 0 saturated heterocycles. The molecule has 1 unspecified atom stereocenters. The normalized spacial score (nSPS) is 13.5. The zero-order valence-electron chi connectivity index (χ0n) is 9.62. The van der Waals surface area contributed by atoms with E-state index in [0.29, 0.717) is 0 Å². The molecule has 1 N–H and O–H groups in total. The third-order valence-electron chi connectivity index (χ3n) is 2.14. The first kappa shape index (κ1) is 13.0.